The minimum Gasteiger partial charge on any atom is -0.332 e. The summed E-state index contributed by atoms with van der Waals surface area (Å²) in [7, 11) is -3.24. The number of sulfonamides is 1. The van der Waals surface area contributed by atoms with Crippen LogP contribution in [-0.4, -0.2) is 27.2 Å². The highest BCUT2D eigenvalue weighted by Crippen LogP contribution is 1.77. The Morgan fingerprint density at radius 2 is 2.00 bits per heavy atom. The van der Waals surface area contributed by atoms with E-state index < -0.39 is 16.2 Å². The summed E-state index contributed by atoms with van der Waals surface area (Å²) in [6, 6.07) is 0. The average molecular weight is 165 g/mol. The minimum absolute atomic E-state index is 0.604. The third kappa shape index (κ3) is 5.52. The third-order valence-electron chi connectivity index (χ3n) is 0.666. The van der Waals surface area contributed by atoms with Crippen molar-refractivity contribution >= 4 is 16.4 Å². The molecule has 0 heterocycles. The van der Waals surface area contributed by atoms with Crippen LogP contribution < -0.4 is 10.0 Å². The van der Waals surface area contributed by atoms with Crippen LogP contribution in [0.15, 0.2) is 0 Å². The van der Waals surface area contributed by atoms with Gasteiger partial charge in [-0.15, -0.1) is 0 Å². The molecule has 1 amide bonds. The Morgan fingerprint density at radius 1 is 1.50 bits per heavy atom. The Balaban J connectivity index is 3.80. The van der Waals surface area contributed by atoms with Crippen molar-refractivity contribution < 1.29 is 13.2 Å². The van der Waals surface area contributed by atoms with Crippen molar-refractivity contribution in [1.29, 1.82) is 0 Å². The lowest BCUT2D eigenvalue weighted by molar-refractivity contribution is 0.512. The van der Waals surface area contributed by atoms with E-state index in [1.807, 2.05) is 0 Å². The van der Waals surface area contributed by atoms with Crippen LogP contribution in [0.3, 0.4) is 0 Å². The molecule has 1 atom stereocenters. The quantitative estimate of drug-likeness (QED) is 0.395. The van der Waals surface area contributed by atoms with Crippen LogP contribution in [0.1, 0.15) is 6.92 Å². The summed E-state index contributed by atoms with van der Waals surface area (Å²) in [6.45, 7) is 1.49. The second-order valence-corrected chi connectivity index (χ2v) is 3.64. The van der Waals surface area contributed by atoms with Crippen molar-refractivity contribution in [2.45, 2.75) is 13.1 Å². The van der Waals surface area contributed by atoms with E-state index in [-0.39, 0.29) is 0 Å². The van der Waals surface area contributed by atoms with Crippen molar-refractivity contribution in [3.8, 4) is 0 Å². The van der Waals surface area contributed by atoms with Crippen LogP contribution in [0.5, 0.6) is 0 Å². The number of hydrogen-bond acceptors (Lipinski definition) is 3. The normalized spacial score (nSPS) is 14.2. The zero-order valence-electron chi connectivity index (χ0n) is 5.71. The fourth-order valence-electron chi connectivity index (χ4n) is 0.439. The smallest absolute Gasteiger partial charge is 0.310 e. The standard InChI is InChI=1S/C4H9N2O3S/c1-4(5-3-7)6-10(2,8)9/h4,6H,1-2H3,(H,5,7). The molecule has 0 saturated heterocycles. The van der Waals surface area contributed by atoms with E-state index in [4.69, 9.17) is 0 Å². The molecule has 0 aliphatic heterocycles. The molecule has 2 N–H and O–H groups in total. The van der Waals surface area contributed by atoms with E-state index >= 15 is 0 Å². The lowest BCUT2D eigenvalue weighted by Crippen LogP contribution is -2.41. The van der Waals surface area contributed by atoms with Crippen LogP contribution in [-0.2, 0) is 14.8 Å². The highest BCUT2D eigenvalue weighted by Gasteiger charge is 2.05. The molecule has 0 aromatic rings. The molecule has 1 unspecified atom stereocenters. The second kappa shape index (κ2) is 3.52. The Morgan fingerprint density at radius 3 is 2.30 bits per heavy atom. The monoisotopic (exact) mass is 165 g/mol. The van der Waals surface area contributed by atoms with Crippen LogP contribution in [0.2, 0.25) is 0 Å². The van der Waals surface area contributed by atoms with Gasteiger partial charge >= 0.3 is 6.41 Å². The molecule has 0 fully saturated rings. The fourth-order valence-corrected chi connectivity index (χ4v) is 1.14. The molecule has 0 saturated carbocycles. The molecule has 5 nitrogen and oxygen atoms in total. The molecular weight excluding hydrogens is 156 g/mol. The molecule has 0 rings (SSSR count). The number of hydrogen-bond donors (Lipinski definition) is 2. The highest BCUT2D eigenvalue weighted by atomic mass is 32.2. The van der Waals surface area contributed by atoms with E-state index in [1.54, 1.807) is 0 Å². The van der Waals surface area contributed by atoms with Gasteiger partial charge in [0.05, 0.1) is 12.4 Å². The first-order valence-electron chi connectivity index (χ1n) is 2.55. The van der Waals surface area contributed by atoms with Gasteiger partial charge in [0.1, 0.15) is 0 Å². The van der Waals surface area contributed by atoms with Crippen molar-refractivity contribution in [3.05, 3.63) is 0 Å². The maximum atomic E-state index is 10.4. The molecule has 6 heteroatoms. The van der Waals surface area contributed by atoms with Crippen molar-refractivity contribution in [1.82, 2.24) is 10.0 Å². The number of amides is 1. The van der Waals surface area contributed by atoms with E-state index in [9.17, 15) is 13.2 Å². The largest absolute Gasteiger partial charge is 0.332 e. The van der Waals surface area contributed by atoms with Gasteiger partial charge in [-0.1, -0.05) is 0 Å². The Hall–Kier alpha value is -0.620. The summed E-state index contributed by atoms with van der Waals surface area (Å²) in [5.41, 5.74) is 0. The SMILES string of the molecule is CC(N[C]=O)NS(C)(=O)=O. The Bertz CT molecular complexity index is 199. The van der Waals surface area contributed by atoms with Gasteiger partial charge < -0.3 is 5.32 Å². The van der Waals surface area contributed by atoms with Gasteiger partial charge in [-0.25, -0.2) is 8.42 Å². The number of rotatable bonds is 4. The van der Waals surface area contributed by atoms with Crippen molar-refractivity contribution in [2.24, 2.45) is 0 Å². The van der Waals surface area contributed by atoms with Gasteiger partial charge in [0.15, 0.2) is 0 Å². The highest BCUT2D eigenvalue weighted by molar-refractivity contribution is 7.88. The van der Waals surface area contributed by atoms with E-state index in [2.05, 4.69) is 10.0 Å². The van der Waals surface area contributed by atoms with Gasteiger partial charge in [0, 0.05) is 0 Å². The molecule has 0 aromatic carbocycles. The third-order valence-corrected chi connectivity index (χ3v) is 1.45. The molecule has 1 radical (unpaired) electrons. The maximum absolute atomic E-state index is 10.4. The molecule has 0 bridgehead atoms. The van der Waals surface area contributed by atoms with E-state index in [1.165, 1.54) is 13.3 Å². The van der Waals surface area contributed by atoms with Crippen LogP contribution in [0.4, 0.5) is 0 Å². The fraction of sp³-hybridized carbons (Fsp3) is 0.750. The van der Waals surface area contributed by atoms with Crippen LogP contribution in [0.25, 0.3) is 0 Å². The predicted molar refractivity (Wildman–Crippen MR) is 36.3 cm³/mol. The predicted octanol–water partition coefficient (Wildman–Crippen LogP) is -1.46. The van der Waals surface area contributed by atoms with Gasteiger partial charge in [-0.05, 0) is 6.92 Å². The first-order chi connectivity index (χ1) is 4.45. The lowest BCUT2D eigenvalue weighted by atomic mass is 10.6. The van der Waals surface area contributed by atoms with Gasteiger partial charge in [-0.2, -0.15) is 4.72 Å². The van der Waals surface area contributed by atoms with E-state index in [0.29, 0.717) is 0 Å². The van der Waals surface area contributed by atoms with Crippen molar-refractivity contribution in [3.63, 3.8) is 0 Å². The second-order valence-electron chi connectivity index (χ2n) is 1.86. The summed E-state index contributed by atoms with van der Waals surface area (Å²) >= 11 is 0. The first-order valence-corrected chi connectivity index (χ1v) is 4.45. The Labute approximate surface area is 59.9 Å². The lowest BCUT2D eigenvalue weighted by Gasteiger charge is -2.08. The summed E-state index contributed by atoms with van der Waals surface area (Å²) in [4.78, 5) is 9.63. The Kier molecular flexibility index (Phi) is 3.31. The summed E-state index contributed by atoms with van der Waals surface area (Å²) in [5, 5.41) is 2.11. The number of nitrogens with one attached hydrogen (secondary N) is 2. The van der Waals surface area contributed by atoms with Crippen LogP contribution in [0, 0.1) is 0 Å². The summed E-state index contributed by atoms with van der Waals surface area (Å²) in [5.74, 6) is 0. The number of carbonyl (C=O) groups excluding carboxylic acids is 1. The first kappa shape index (κ1) is 9.38. The van der Waals surface area contributed by atoms with Gasteiger partial charge in [-0.3, -0.25) is 4.79 Å². The molecular formula is C4H9N2O3S. The molecule has 0 spiro atoms. The van der Waals surface area contributed by atoms with Gasteiger partial charge in [0.25, 0.3) is 0 Å². The van der Waals surface area contributed by atoms with E-state index in [0.717, 1.165) is 6.26 Å². The molecule has 0 aliphatic rings. The maximum Gasteiger partial charge on any atom is 0.310 e. The molecule has 0 aromatic heterocycles. The van der Waals surface area contributed by atoms with Crippen LogP contribution >= 0.6 is 0 Å². The zero-order chi connectivity index (χ0) is 8.20. The zero-order valence-corrected chi connectivity index (χ0v) is 6.53. The van der Waals surface area contributed by atoms with Gasteiger partial charge in [0.2, 0.25) is 10.0 Å². The molecule has 10 heavy (non-hydrogen) atoms. The minimum atomic E-state index is -3.24. The summed E-state index contributed by atoms with van der Waals surface area (Å²) < 4.78 is 23.0. The molecule has 59 valence electrons. The molecule has 0 aliphatic carbocycles. The summed E-state index contributed by atoms with van der Waals surface area (Å²) in [6.07, 6.45) is 1.77. The average Bonchev–Trinajstić information content (AvgIpc) is 1.59. The van der Waals surface area contributed by atoms with Crippen molar-refractivity contribution in [2.75, 3.05) is 6.26 Å². The topological polar surface area (TPSA) is 75.3 Å².